The second kappa shape index (κ2) is 16.1. The number of carboxylic acids is 1. The van der Waals surface area contributed by atoms with Gasteiger partial charge in [0.05, 0.1) is 12.5 Å². The van der Waals surface area contributed by atoms with Gasteiger partial charge in [0.2, 0.25) is 29.5 Å². The van der Waals surface area contributed by atoms with Crippen molar-refractivity contribution in [3.05, 3.63) is 29.8 Å². The monoisotopic (exact) mass is 554 g/mol. The van der Waals surface area contributed by atoms with E-state index in [1.54, 1.807) is 0 Å². The summed E-state index contributed by atoms with van der Waals surface area (Å²) in [6.45, 7) is 0. The third kappa shape index (κ3) is 11.9. The highest BCUT2D eigenvalue weighted by Crippen LogP contribution is 2.12. The van der Waals surface area contributed by atoms with Gasteiger partial charge in [-0.15, -0.1) is 0 Å². The number of rotatable bonds is 17. The van der Waals surface area contributed by atoms with Crippen LogP contribution in [0.4, 0.5) is 0 Å². The van der Waals surface area contributed by atoms with Crippen molar-refractivity contribution in [2.75, 3.05) is 12.0 Å². The Bertz CT molecular complexity index is 1010. The van der Waals surface area contributed by atoms with Crippen LogP contribution in [0.15, 0.2) is 24.3 Å². The van der Waals surface area contributed by atoms with E-state index in [9.17, 15) is 39.0 Å². The molecule has 1 rings (SSSR count). The molecule has 0 spiro atoms. The van der Waals surface area contributed by atoms with Crippen molar-refractivity contribution >= 4 is 47.3 Å². The summed E-state index contributed by atoms with van der Waals surface area (Å²) in [6.07, 6.45) is 0.819. The van der Waals surface area contributed by atoms with Crippen LogP contribution in [0.2, 0.25) is 0 Å². The number of nitrogens with two attached hydrogens (primary N) is 3. The number of thioether (sulfide) groups is 1. The minimum atomic E-state index is -1.58. The number of carboxylic acid groups (broad SMARTS) is 1. The summed E-state index contributed by atoms with van der Waals surface area (Å²) in [4.78, 5) is 72.9. The van der Waals surface area contributed by atoms with Gasteiger partial charge in [-0.2, -0.15) is 11.8 Å². The first kappa shape index (κ1) is 32.2. The zero-order valence-electron chi connectivity index (χ0n) is 20.8. The molecule has 0 saturated heterocycles. The predicted octanol–water partition coefficient (Wildman–Crippen LogP) is -2.30. The lowest BCUT2D eigenvalue weighted by Crippen LogP contribution is -2.58. The Hall–Kier alpha value is -3.85. The molecule has 0 bridgehead atoms. The van der Waals surface area contributed by atoms with Crippen LogP contribution in [0, 0.1) is 0 Å². The lowest BCUT2D eigenvalue weighted by molar-refractivity contribution is -0.142. The maximum absolute atomic E-state index is 13.0. The van der Waals surface area contributed by atoms with E-state index in [0.717, 1.165) is 0 Å². The van der Waals surface area contributed by atoms with Gasteiger partial charge in [-0.1, -0.05) is 12.1 Å². The Morgan fingerprint density at radius 3 is 1.92 bits per heavy atom. The molecule has 1 aromatic carbocycles. The number of aromatic hydroxyl groups is 1. The quantitative estimate of drug-likeness (QED) is 0.102. The number of benzene rings is 1. The van der Waals surface area contributed by atoms with Crippen LogP contribution in [0.1, 0.15) is 31.2 Å². The van der Waals surface area contributed by atoms with E-state index in [0.29, 0.717) is 17.7 Å². The van der Waals surface area contributed by atoms with Crippen molar-refractivity contribution in [1.82, 2.24) is 16.0 Å². The summed E-state index contributed by atoms with van der Waals surface area (Å²) in [5.74, 6) is -5.15. The van der Waals surface area contributed by atoms with Gasteiger partial charge < -0.3 is 43.4 Å². The SMILES string of the molecule is CSCCC(N)C(=O)NC(CCC(N)=O)C(=O)NC(CC(N)=O)C(=O)NC(Cc1ccc(O)cc1)C(=O)O. The van der Waals surface area contributed by atoms with Gasteiger partial charge in [0.25, 0.3) is 0 Å². The highest BCUT2D eigenvalue weighted by molar-refractivity contribution is 7.98. The standard InChI is InChI=1S/C23H34N6O8S/c1-38-9-8-14(24)20(33)27-15(6-7-18(25)31)21(34)28-16(11-19(26)32)22(35)29-17(23(36)37)10-12-2-4-13(30)5-3-12/h2-5,14-17,30H,6-11,24H2,1H3,(H2,25,31)(H2,26,32)(H,27,33)(H,28,34)(H,29,35)(H,36,37). The molecule has 0 aliphatic carbocycles. The van der Waals surface area contributed by atoms with E-state index in [-0.39, 0.29) is 25.0 Å². The lowest BCUT2D eigenvalue weighted by Gasteiger charge is -2.24. The van der Waals surface area contributed by atoms with Crippen molar-refractivity contribution in [2.24, 2.45) is 17.2 Å². The molecule has 38 heavy (non-hydrogen) atoms. The number of primary amides is 2. The van der Waals surface area contributed by atoms with Gasteiger partial charge in [-0.05, 0) is 42.5 Å². The van der Waals surface area contributed by atoms with Crippen LogP contribution in [0.5, 0.6) is 5.75 Å². The molecule has 4 atom stereocenters. The van der Waals surface area contributed by atoms with Gasteiger partial charge in [-0.3, -0.25) is 24.0 Å². The first-order valence-electron chi connectivity index (χ1n) is 11.6. The van der Waals surface area contributed by atoms with Crippen LogP contribution in [0.25, 0.3) is 0 Å². The molecule has 4 unspecified atom stereocenters. The molecule has 0 aromatic heterocycles. The van der Waals surface area contributed by atoms with E-state index in [2.05, 4.69) is 16.0 Å². The molecule has 210 valence electrons. The Kier molecular flexibility index (Phi) is 13.6. The fourth-order valence-corrected chi connectivity index (χ4v) is 3.72. The summed E-state index contributed by atoms with van der Waals surface area (Å²) >= 11 is 1.47. The molecule has 0 fully saturated rings. The molecular weight excluding hydrogens is 520 g/mol. The Balaban J connectivity index is 3.03. The van der Waals surface area contributed by atoms with Crippen molar-refractivity contribution in [3.63, 3.8) is 0 Å². The van der Waals surface area contributed by atoms with E-state index in [4.69, 9.17) is 17.2 Å². The van der Waals surface area contributed by atoms with Crippen molar-refractivity contribution < 1.29 is 39.0 Å². The molecule has 0 aliphatic rings. The Labute approximate surface area is 223 Å². The molecule has 0 radical (unpaired) electrons. The molecule has 0 aliphatic heterocycles. The normalized spacial score (nSPS) is 13.8. The van der Waals surface area contributed by atoms with Crippen LogP contribution >= 0.6 is 11.8 Å². The number of hydrogen-bond donors (Lipinski definition) is 8. The number of amides is 5. The molecule has 1 aromatic rings. The van der Waals surface area contributed by atoms with E-state index >= 15 is 0 Å². The summed E-state index contributed by atoms with van der Waals surface area (Å²) in [5, 5.41) is 25.9. The molecule has 11 N–H and O–H groups in total. The number of carbonyl (C=O) groups excluding carboxylic acids is 5. The van der Waals surface area contributed by atoms with E-state index < -0.39 is 66.1 Å². The first-order valence-corrected chi connectivity index (χ1v) is 13.0. The number of nitrogens with one attached hydrogen (secondary N) is 3. The smallest absolute Gasteiger partial charge is 0.326 e. The first-order chi connectivity index (χ1) is 17.8. The number of carbonyl (C=O) groups is 6. The maximum Gasteiger partial charge on any atom is 0.326 e. The second-order valence-corrected chi connectivity index (χ2v) is 9.44. The summed E-state index contributed by atoms with van der Waals surface area (Å²) < 4.78 is 0. The highest BCUT2D eigenvalue weighted by atomic mass is 32.2. The fourth-order valence-electron chi connectivity index (χ4n) is 3.23. The highest BCUT2D eigenvalue weighted by Gasteiger charge is 2.31. The number of phenolic OH excluding ortho intramolecular Hbond substituents is 1. The minimum absolute atomic E-state index is 0.0305. The zero-order valence-corrected chi connectivity index (χ0v) is 21.7. The van der Waals surface area contributed by atoms with Gasteiger partial charge >= 0.3 is 5.97 Å². The van der Waals surface area contributed by atoms with Crippen molar-refractivity contribution in [3.8, 4) is 5.75 Å². The van der Waals surface area contributed by atoms with Crippen LogP contribution < -0.4 is 33.2 Å². The Morgan fingerprint density at radius 1 is 0.842 bits per heavy atom. The molecule has 0 saturated carbocycles. The average Bonchev–Trinajstić information content (AvgIpc) is 2.84. The lowest BCUT2D eigenvalue weighted by atomic mass is 10.0. The topological polar surface area (TPSA) is 257 Å². The maximum atomic E-state index is 13.0. The number of aliphatic carboxylic acids is 1. The average molecular weight is 555 g/mol. The molecule has 15 heteroatoms. The molecule has 14 nitrogen and oxygen atoms in total. The summed E-state index contributed by atoms with van der Waals surface area (Å²) in [5.41, 5.74) is 16.7. The van der Waals surface area contributed by atoms with Crippen LogP contribution in [0.3, 0.4) is 0 Å². The van der Waals surface area contributed by atoms with Gasteiger partial charge in [0, 0.05) is 12.8 Å². The van der Waals surface area contributed by atoms with E-state index in [1.807, 2.05) is 6.26 Å². The Morgan fingerprint density at radius 2 is 1.39 bits per heavy atom. The molecule has 5 amide bonds. The summed E-state index contributed by atoms with van der Waals surface area (Å²) in [6, 6.07) is 0.336. The van der Waals surface area contributed by atoms with E-state index in [1.165, 1.54) is 36.0 Å². The predicted molar refractivity (Wildman–Crippen MR) is 138 cm³/mol. The zero-order chi connectivity index (χ0) is 28.8. The van der Waals surface area contributed by atoms with Gasteiger partial charge in [-0.25, -0.2) is 4.79 Å². The minimum Gasteiger partial charge on any atom is -0.508 e. The summed E-state index contributed by atoms with van der Waals surface area (Å²) in [7, 11) is 0. The van der Waals surface area contributed by atoms with Crippen molar-refractivity contribution in [2.45, 2.75) is 56.3 Å². The number of phenols is 1. The third-order valence-electron chi connectivity index (χ3n) is 5.31. The van der Waals surface area contributed by atoms with Gasteiger partial charge in [0.1, 0.15) is 23.9 Å². The largest absolute Gasteiger partial charge is 0.508 e. The second-order valence-electron chi connectivity index (χ2n) is 8.46. The fraction of sp³-hybridized carbons (Fsp3) is 0.478. The molecule has 0 heterocycles. The van der Waals surface area contributed by atoms with Crippen molar-refractivity contribution in [1.29, 1.82) is 0 Å². The van der Waals surface area contributed by atoms with Crippen LogP contribution in [-0.2, 0) is 35.2 Å². The number of hydrogen-bond acceptors (Lipinski definition) is 9. The van der Waals surface area contributed by atoms with Gasteiger partial charge in [0.15, 0.2) is 0 Å². The third-order valence-corrected chi connectivity index (χ3v) is 5.96. The molecular formula is C23H34N6O8S. The van der Waals surface area contributed by atoms with Crippen LogP contribution in [-0.4, -0.2) is 81.9 Å².